The van der Waals surface area contributed by atoms with Gasteiger partial charge in [0.25, 0.3) is 0 Å². The number of hydrogen-bond acceptors (Lipinski definition) is 5. The minimum Gasteiger partial charge on any atom is -0.485 e. The Balaban J connectivity index is 1.59. The highest BCUT2D eigenvalue weighted by molar-refractivity contribution is 9.10. The van der Waals surface area contributed by atoms with Crippen LogP contribution in [0, 0.1) is 0 Å². The molecule has 6 nitrogen and oxygen atoms in total. The van der Waals surface area contributed by atoms with Crippen LogP contribution in [0.2, 0.25) is 0 Å². The fraction of sp³-hybridized carbons (Fsp3) is 0.250. The molecule has 1 N–H and O–H groups in total. The fourth-order valence-electron chi connectivity index (χ4n) is 3.47. The van der Waals surface area contributed by atoms with Crippen LogP contribution in [-0.4, -0.2) is 44.9 Å². The van der Waals surface area contributed by atoms with Crippen molar-refractivity contribution >= 4 is 32.5 Å². The van der Waals surface area contributed by atoms with Gasteiger partial charge in [-0.1, -0.05) is 18.2 Å². The molecule has 2 atom stereocenters. The van der Waals surface area contributed by atoms with Crippen molar-refractivity contribution in [1.29, 1.82) is 0 Å². The van der Waals surface area contributed by atoms with E-state index in [1.165, 1.54) is 0 Å². The molecule has 1 aliphatic heterocycles. The van der Waals surface area contributed by atoms with E-state index in [9.17, 15) is 4.39 Å². The quantitative estimate of drug-likeness (QED) is 0.523. The molecule has 0 radical (unpaired) electrons. The van der Waals surface area contributed by atoms with Crippen LogP contribution in [0.5, 0.6) is 5.75 Å². The van der Waals surface area contributed by atoms with Gasteiger partial charge in [-0.2, -0.15) is 0 Å². The van der Waals surface area contributed by atoms with Gasteiger partial charge in [-0.3, -0.25) is 4.40 Å². The molecule has 0 amide bonds. The molecule has 8 heteroatoms. The molecule has 4 aromatic rings. The van der Waals surface area contributed by atoms with E-state index in [2.05, 4.69) is 31.4 Å². The molecule has 1 fully saturated rings. The lowest BCUT2D eigenvalue weighted by Gasteiger charge is -2.27. The highest BCUT2D eigenvalue weighted by Gasteiger charge is 2.27. The minimum absolute atomic E-state index is 0.314. The van der Waals surface area contributed by atoms with Crippen molar-refractivity contribution in [3.8, 4) is 17.3 Å². The zero-order valence-electron chi connectivity index (χ0n) is 14.8. The molecule has 0 spiro atoms. The van der Waals surface area contributed by atoms with Crippen LogP contribution in [0.3, 0.4) is 0 Å². The zero-order valence-corrected chi connectivity index (χ0v) is 16.4. The molecule has 28 heavy (non-hydrogen) atoms. The first kappa shape index (κ1) is 17.5. The number of rotatable bonds is 3. The van der Waals surface area contributed by atoms with Gasteiger partial charge in [0.1, 0.15) is 29.2 Å². The summed E-state index contributed by atoms with van der Waals surface area (Å²) in [7, 11) is 0. The summed E-state index contributed by atoms with van der Waals surface area (Å²) in [5.41, 5.74) is 2.10. The van der Waals surface area contributed by atoms with E-state index in [0.29, 0.717) is 35.8 Å². The average molecular weight is 442 g/mol. The number of alkyl halides is 1. The van der Waals surface area contributed by atoms with Gasteiger partial charge in [0.2, 0.25) is 0 Å². The number of nitrogens with one attached hydrogen (secondary N) is 1. The average Bonchev–Trinajstić information content (AvgIpc) is 3.12. The molecule has 0 saturated carbocycles. The number of hydrogen-bond donors (Lipinski definition) is 1. The van der Waals surface area contributed by atoms with Gasteiger partial charge in [-0.25, -0.2) is 9.37 Å². The standard InChI is InChI=1S/C20H17BrFN5O/c21-13-5-7-18-25-26-20(27(18)11-13)15-6-4-12-2-1-3-17(19(12)24-15)28-16-8-9-23-10-14(16)22/h1-7,11,14,16,23H,8-10H2/t14-,16+/m0/s1. The summed E-state index contributed by atoms with van der Waals surface area (Å²) in [6, 6.07) is 13.4. The third-order valence-electron chi connectivity index (χ3n) is 4.91. The van der Waals surface area contributed by atoms with Crippen molar-refractivity contribution in [3.05, 3.63) is 53.1 Å². The largest absolute Gasteiger partial charge is 0.485 e. The number of pyridine rings is 2. The van der Waals surface area contributed by atoms with Crippen molar-refractivity contribution in [2.45, 2.75) is 18.7 Å². The molecule has 142 valence electrons. The van der Waals surface area contributed by atoms with E-state index in [4.69, 9.17) is 9.72 Å². The number of piperidine rings is 1. The lowest BCUT2D eigenvalue weighted by molar-refractivity contribution is 0.0742. The molecule has 4 heterocycles. The summed E-state index contributed by atoms with van der Waals surface area (Å²) < 4.78 is 23.0. The lowest BCUT2D eigenvalue weighted by Crippen LogP contribution is -2.44. The summed E-state index contributed by atoms with van der Waals surface area (Å²) in [5, 5.41) is 12.5. The van der Waals surface area contributed by atoms with Gasteiger partial charge in [0.05, 0.1) is 0 Å². The number of fused-ring (bicyclic) bond motifs is 2. The van der Waals surface area contributed by atoms with Crippen molar-refractivity contribution in [2.24, 2.45) is 0 Å². The molecule has 0 bridgehead atoms. The highest BCUT2D eigenvalue weighted by atomic mass is 79.9. The van der Waals surface area contributed by atoms with Gasteiger partial charge in [-0.05, 0) is 53.2 Å². The molecule has 0 unspecified atom stereocenters. The normalized spacial score (nSPS) is 19.9. The summed E-state index contributed by atoms with van der Waals surface area (Å²) in [6.07, 6.45) is 1.02. The first-order valence-corrected chi connectivity index (χ1v) is 9.90. The van der Waals surface area contributed by atoms with Gasteiger partial charge in [0, 0.05) is 22.6 Å². The second kappa shape index (κ2) is 7.10. The van der Waals surface area contributed by atoms with Crippen LogP contribution in [-0.2, 0) is 0 Å². The summed E-state index contributed by atoms with van der Waals surface area (Å²) in [4.78, 5) is 4.79. The molecule has 1 aliphatic rings. The third kappa shape index (κ3) is 3.12. The zero-order chi connectivity index (χ0) is 19.1. The molecule has 1 aromatic carbocycles. The predicted octanol–water partition coefficient (Wildman–Crippen LogP) is 3.79. The number of benzene rings is 1. The number of halogens is 2. The SMILES string of the molecule is F[C@H]1CNCC[C@H]1Oc1cccc2ccc(-c3nnc4ccc(Br)cn34)nc12. The van der Waals surface area contributed by atoms with Gasteiger partial charge in [0.15, 0.2) is 11.5 Å². The lowest BCUT2D eigenvalue weighted by atomic mass is 10.1. The second-order valence-corrected chi connectivity index (χ2v) is 7.70. The van der Waals surface area contributed by atoms with E-state index >= 15 is 0 Å². The Morgan fingerprint density at radius 2 is 2.07 bits per heavy atom. The Labute approximate surface area is 168 Å². The smallest absolute Gasteiger partial charge is 0.187 e. The maximum Gasteiger partial charge on any atom is 0.187 e. The maximum atomic E-state index is 14.2. The summed E-state index contributed by atoms with van der Waals surface area (Å²) in [6.45, 7) is 1.06. The first-order valence-electron chi connectivity index (χ1n) is 9.11. The summed E-state index contributed by atoms with van der Waals surface area (Å²) >= 11 is 3.48. The Morgan fingerprint density at radius 3 is 2.96 bits per heavy atom. The topological polar surface area (TPSA) is 64.3 Å². The van der Waals surface area contributed by atoms with E-state index in [1.807, 2.05) is 53.1 Å². The van der Waals surface area contributed by atoms with Crippen molar-refractivity contribution < 1.29 is 9.13 Å². The minimum atomic E-state index is -1.04. The van der Waals surface area contributed by atoms with Gasteiger partial charge in [-0.15, -0.1) is 10.2 Å². The number of para-hydroxylation sites is 1. The van der Waals surface area contributed by atoms with Crippen LogP contribution < -0.4 is 10.1 Å². The van der Waals surface area contributed by atoms with E-state index in [0.717, 1.165) is 22.1 Å². The molecule has 5 rings (SSSR count). The molecule has 0 aliphatic carbocycles. The van der Waals surface area contributed by atoms with Crippen LogP contribution in [0.25, 0.3) is 28.1 Å². The predicted molar refractivity (Wildman–Crippen MR) is 108 cm³/mol. The van der Waals surface area contributed by atoms with E-state index in [-0.39, 0.29) is 0 Å². The van der Waals surface area contributed by atoms with Crippen LogP contribution >= 0.6 is 15.9 Å². The molecule has 3 aromatic heterocycles. The molecular formula is C20H17BrFN5O. The Kier molecular flexibility index (Phi) is 4.44. The monoisotopic (exact) mass is 441 g/mol. The third-order valence-corrected chi connectivity index (χ3v) is 5.37. The number of nitrogens with zero attached hydrogens (tertiary/aromatic N) is 4. The van der Waals surface area contributed by atoms with Crippen LogP contribution in [0.4, 0.5) is 4.39 Å². The Morgan fingerprint density at radius 1 is 1.14 bits per heavy atom. The Hall–Kier alpha value is -2.58. The van der Waals surface area contributed by atoms with Crippen molar-refractivity contribution in [1.82, 2.24) is 24.9 Å². The Bertz CT molecular complexity index is 1160. The van der Waals surface area contributed by atoms with E-state index < -0.39 is 12.3 Å². The molecular weight excluding hydrogens is 425 g/mol. The van der Waals surface area contributed by atoms with Crippen molar-refractivity contribution in [3.63, 3.8) is 0 Å². The highest BCUT2D eigenvalue weighted by Crippen LogP contribution is 2.29. The number of aromatic nitrogens is 4. The molecule has 1 saturated heterocycles. The van der Waals surface area contributed by atoms with Gasteiger partial charge < -0.3 is 10.1 Å². The van der Waals surface area contributed by atoms with Gasteiger partial charge >= 0.3 is 0 Å². The fourth-order valence-corrected chi connectivity index (χ4v) is 3.81. The first-order chi connectivity index (χ1) is 13.7. The number of ether oxygens (including phenoxy) is 1. The summed E-state index contributed by atoms with van der Waals surface area (Å²) in [5.74, 6) is 1.22. The van der Waals surface area contributed by atoms with Crippen LogP contribution in [0.1, 0.15) is 6.42 Å². The van der Waals surface area contributed by atoms with Crippen molar-refractivity contribution in [2.75, 3.05) is 13.1 Å². The van der Waals surface area contributed by atoms with Crippen LogP contribution in [0.15, 0.2) is 53.1 Å². The van der Waals surface area contributed by atoms with E-state index in [1.54, 1.807) is 0 Å². The maximum absolute atomic E-state index is 14.2. The second-order valence-electron chi connectivity index (χ2n) is 6.79.